The van der Waals surface area contributed by atoms with Crippen molar-refractivity contribution in [2.75, 3.05) is 0 Å². The molecule has 3 rings (SSSR count). The summed E-state index contributed by atoms with van der Waals surface area (Å²) in [4.78, 5) is 17.2. The second kappa shape index (κ2) is 3.13. The number of nitrogens with one attached hydrogen (secondary N) is 2. The molecule has 4 heteroatoms. The van der Waals surface area contributed by atoms with Gasteiger partial charge in [-0.3, -0.25) is 0 Å². The molecule has 0 radical (unpaired) electrons. The molecule has 86 valence electrons. The van der Waals surface area contributed by atoms with E-state index in [-0.39, 0.29) is 5.69 Å². The number of carboxylic acids is 1. The van der Waals surface area contributed by atoms with Gasteiger partial charge in [-0.15, -0.1) is 0 Å². The van der Waals surface area contributed by atoms with Gasteiger partial charge in [0.15, 0.2) is 0 Å². The van der Waals surface area contributed by atoms with E-state index in [9.17, 15) is 4.79 Å². The fourth-order valence-electron chi connectivity index (χ4n) is 2.53. The van der Waals surface area contributed by atoms with Gasteiger partial charge in [-0.25, -0.2) is 4.79 Å². The number of carboxylic acid groups (broad SMARTS) is 1. The molecule has 0 saturated heterocycles. The Bertz CT molecular complexity index is 750. The molecule has 3 aromatic rings. The molecule has 2 aromatic heterocycles. The van der Waals surface area contributed by atoms with Crippen molar-refractivity contribution in [1.82, 2.24) is 9.97 Å². The van der Waals surface area contributed by atoms with Crippen LogP contribution in [-0.4, -0.2) is 21.0 Å². The number of H-pyrrole nitrogens is 2. The van der Waals surface area contributed by atoms with Crippen LogP contribution in [0.1, 0.15) is 21.6 Å². The Hall–Kier alpha value is -2.23. The van der Waals surface area contributed by atoms with Crippen LogP contribution >= 0.6 is 0 Å². The minimum absolute atomic E-state index is 0.274. The van der Waals surface area contributed by atoms with Crippen molar-refractivity contribution in [2.45, 2.75) is 13.8 Å². The lowest BCUT2D eigenvalue weighted by Gasteiger charge is -2.00. The Morgan fingerprint density at radius 3 is 2.71 bits per heavy atom. The van der Waals surface area contributed by atoms with Crippen LogP contribution in [0, 0.1) is 13.8 Å². The minimum Gasteiger partial charge on any atom is -0.477 e. The predicted octanol–water partition coefficient (Wildman–Crippen LogP) is 2.96. The Balaban J connectivity index is 2.53. The lowest BCUT2D eigenvalue weighted by atomic mass is 10.0. The highest BCUT2D eigenvalue weighted by Crippen LogP contribution is 2.30. The standard InChI is InChI=1S/C13H12N2O2/c1-6-8-3-4-14-9(8)5-10-11(6)7(2)12(15-10)13(16)17/h3-5,14-15H,1-2H3,(H,16,17). The van der Waals surface area contributed by atoms with E-state index < -0.39 is 5.97 Å². The Labute approximate surface area is 97.3 Å². The van der Waals surface area contributed by atoms with E-state index >= 15 is 0 Å². The fourth-order valence-corrected chi connectivity index (χ4v) is 2.53. The number of fused-ring (bicyclic) bond motifs is 2. The SMILES string of the molecule is Cc1c(C(=O)O)[nH]c2cc3[nH]ccc3c(C)c12. The van der Waals surface area contributed by atoms with Crippen molar-refractivity contribution in [1.29, 1.82) is 0 Å². The van der Waals surface area contributed by atoms with E-state index in [2.05, 4.69) is 9.97 Å². The molecule has 3 N–H and O–H groups in total. The van der Waals surface area contributed by atoms with Gasteiger partial charge >= 0.3 is 5.97 Å². The van der Waals surface area contributed by atoms with Crippen LogP contribution in [0.15, 0.2) is 18.3 Å². The second-order valence-electron chi connectivity index (χ2n) is 4.29. The first-order valence-electron chi connectivity index (χ1n) is 5.42. The number of aromatic carboxylic acids is 1. The van der Waals surface area contributed by atoms with Crippen LogP contribution in [0.5, 0.6) is 0 Å². The number of hydrogen-bond acceptors (Lipinski definition) is 1. The average Bonchev–Trinajstić information content (AvgIpc) is 2.84. The van der Waals surface area contributed by atoms with Crippen molar-refractivity contribution in [3.05, 3.63) is 35.2 Å². The molecule has 0 saturated carbocycles. The van der Waals surface area contributed by atoms with Gasteiger partial charge in [0.2, 0.25) is 0 Å². The van der Waals surface area contributed by atoms with Crippen LogP contribution < -0.4 is 0 Å². The quantitative estimate of drug-likeness (QED) is 0.599. The molecule has 17 heavy (non-hydrogen) atoms. The molecule has 4 nitrogen and oxygen atoms in total. The topological polar surface area (TPSA) is 68.9 Å². The Kier molecular flexibility index (Phi) is 1.84. The first-order chi connectivity index (χ1) is 8.09. The molecule has 0 spiro atoms. The van der Waals surface area contributed by atoms with Crippen molar-refractivity contribution in [3.63, 3.8) is 0 Å². The van der Waals surface area contributed by atoms with E-state index in [1.165, 1.54) is 0 Å². The summed E-state index contributed by atoms with van der Waals surface area (Å²) in [7, 11) is 0. The molecule has 2 heterocycles. The molecule has 0 bridgehead atoms. The van der Waals surface area contributed by atoms with Gasteiger partial charge < -0.3 is 15.1 Å². The maximum Gasteiger partial charge on any atom is 0.352 e. The van der Waals surface area contributed by atoms with Crippen molar-refractivity contribution >= 4 is 27.8 Å². The summed E-state index contributed by atoms with van der Waals surface area (Å²) in [5.74, 6) is -0.915. The number of hydrogen-bond donors (Lipinski definition) is 3. The zero-order chi connectivity index (χ0) is 12.2. The molecule has 0 aliphatic carbocycles. The summed E-state index contributed by atoms with van der Waals surface area (Å²) in [6.07, 6.45) is 1.89. The number of benzene rings is 1. The highest BCUT2D eigenvalue weighted by Gasteiger charge is 2.16. The number of carbonyl (C=O) groups is 1. The van der Waals surface area contributed by atoms with Gasteiger partial charge in [0, 0.05) is 28.0 Å². The molecule has 0 unspecified atom stereocenters. The molecule has 0 aliphatic rings. The number of rotatable bonds is 1. The van der Waals surface area contributed by atoms with E-state index in [1.54, 1.807) is 0 Å². The molecule has 0 aliphatic heterocycles. The third-order valence-corrected chi connectivity index (χ3v) is 3.34. The highest BCUT2D eigenvalue weighted by molar-refractivity contribution is 6.05. The number of aromatic amines is 2. The minimum atomic E-state index is -0.915. The zero-order valence-electron chi connectivity index (χ0n) is 9.59. The second-order valence-corrected chi connectivity index (χ2v) is 4.29. The Morgan fingerprint density at radius 2 is 2.00 bits per heavy atom. The molecule has 0 atom stereocenters. The average molecular weight is 228 g/mol. The van der Waals surface area contributed by atoms with Gasteiger partial charge in [-0.05, 0) is 37.1 Å². The maximum atomic E-state index is 11.1. The smallest absolute Gasteiger partial charge is 0.352 e. The van der Waals surface area contributed by atoms with Crippen LogP contribution in [-0.2, 0) is 0 Å². The third kappa shape index (κ3) is 1.21. The van der Waals surface area contributed by atoms with Crippen molar-refractivity contribution in [3.8, 4) is 0 Å². The molecular formula is C13H12N2O2. The summed E-state index contributed by atoms with van der Waals surface area (Å²) in [6, 6.07) is 3.97. The van der Waals surface area contributed by atoms with Gasteiger partial charge in [-0.2, -0.15) is 0 Å². The number of aromatic nitrogens is 2. The van der Waals surface area contributed by atoms with Crippen LogP contribution in [0.2, 0.25) is 0 Å². The molecule has 1 aromatic carbocycles. The van der Waals surface area contributed by atoms with Gasteiger partial charge in [0.1, 0.15) is 5.69 Å². The summed E-state index contributed by atoms with van der Waals surface area (Å²) in [5, 5.41) is 11.3. The normalized spacial score (nSPS) is 11.4. The van der Waals surface area contributed by atoms with E-state index in [0.717, 1.165) is 32.9 Å². The summed E-state index contributed by atoms with van der Waals surface area (Å²) >= 11 is 0. The fraction of sp³-hybridized carbons (Fsp3) is 0.154. The highest BCUT2D eigenvalue weighted by atomic mass is 16.4. The molecular weight excluding hydrogens is 216 g/mol. The largest absolute Gasteiger partial charge is 0.477 e. The lowest BCUT2D eigenvalue weighted by Crippen LogP contribution is -1.98. The monoisotopic (exact) mass is 228 g/mol. The first kappa shape index (κ1) is 9.96. The first-order valence-corrected chi connectivity index (χ1v) is 5.42. The van der Waals surface area contributed by atoms with Crippen LogP contribution in [0.4, 0.5) is 0 Å². The zero-order valence-corrected chi connectivity index (χ0v) is 9.59. The van der Waals surface area contributed by atoms with Crippen molar-refractivity contribution in [2.24, 2.45) is 0 Å². The molecule has 0 amide bonds. The summed E-state index contributed by atoms with van der Waals surface area (Å²) in [5.41, 5.74) is 4.07. The summed E-state index contributed by atoms with van der Waals surface area (Å²) in [6.45, 7) is 3.86. The van der Waals surface area contributed by atoms with Gasteiger partial charge in [-0.1, -0.05) is 0 Å². The number of aryl methyl sites for hydroxylation is 2. The Morgan fingerprint density at radius 1 is 1.24 bits per heavy atom. The van der Waals surface area contributed by atoms with Crippen molar-refractivity contribution < 1.29 is 9.90 Å². The van der Waals surface area contributed by atoms with E-state index in [1.807, 2.05) is 32.2 Å². The predicted molar refractivity (Wildman–Crippen MR) is 66.6 cm³/mol. The van der Waals surface area contributed by atoms with Gasteiger partial charge in [0.05, 0.1) is 0 Å². The lowest BCUT2D eigenvalue weighted by molar-refractivity contribution is 0.0691. The van der Waals surface area contributed by atoms with Crippen LogP contribution in [0.3, 0.4) is 0 Å². The van der Waals surface area contributed by atoms with Gasteiger partial charge in [0.25, 0.3) is 0 Å². The maximum absolute atomic E-state index is 11.1. The summed E-state index contributed by atoms with van der Waals surface area (Å²) < 4.78 is 0. The third-order valence-electron chi connectivity index (χ3n) is 3.34. The molecule has 0 fully saturated rings. The van der Waals surface area contributed by atoms with E-state index in [4.69, 9.17) is 5.11 Å². The van der Waals surface area contributed by atoms with Crippen LogP contribution in [0.25, 0.3) is 21.8 Å². The van der Waals surface area contributed by atoms with E-state index in [0.29, 0.717) is 0 Å².